The number of hydrogen-bond donors (Lipinski definition) is 2. The molecule has 0 aliphatic rings. The van der Waals surface area contributed by atoms with E-state index in [1.807, 2.05) is 42.5 Å². The van der Waals surface area contributed by atoms with E-state index in [0.717, 1.165) is 11.1 Å². The van der Waals surface area contributed by atoms with Crippen LogP contribution in [0, 0.1) is 5.82 Å². The molecule has 1 amide bonds. The number of carbonyl (C=O) groups excluding carboxylic acids is 1. The molecule has 5 heteroatoms. The van der Waals surface area contributed by atoms with Gasteiger partial charge in [0.2, 0.25) is 5.91 Å². The zero-order valence-electron chi connectivity index (χ0n) is 15.7. The van der Waals surface area contributed by atoms with Crippen LogP contribution in [0.5, 0.6) is 0 Å². The van der Waals surface area contributed by atoms with Gasteiger partial charge in [0, 0.05) is 12.4 Å². The molecular weight excluding hydrogens is 355 g/mol. The van der Waals surface area contributed by atoms with E-state index in [2.05, 4.69) is 10.3 Å². The fraction of sp³-hybridized carbons (Fsp3) is 0.217. The van der Waals surface area contributed by atoms with Crippen LogP contribution in [-0.4, -0.2) is 22.5 Å². The summed E-state index contributed by atoms with van der Waals surface area (Å²) in [7, 11) is 0. The van der Waals surface area contributed by atoms with Gasteiger partial charge in [-0.05, 0) is 54.3 Å². The maximum atomic E-state index is 13.1. The number of halogens is 1. The number of aliphatic hydroxyl groups is 1. The van der Waals surface area contributed by atoms with Gasteiger partial charge in [-0.25, -0.2) is 4.39 Å². The van der Waals surface area contributed by atoms with Crippen molar-refractivity contribution in [3.8, 4) is 0 Å². The Balaban J connectivity index is 1.74. The summed E-state index contributed by atoms with van der Waals surface area (Å²) >= 11 is 0. The summed E-state index contributed by atoms with van der Waals surface area (Å²) in [4.78, 5) is 17.0. The SMILES string of the molecule is CC(O)(CNC(=O)C(Cc1ccncc1)c1ccccc1)c1ccc(F)cc1. The third kappa shape index (κ3) is 5.02. The van der Waals surface area contributed by atoms with E-state index in [-0.39, 0.29) is 18.3 Å². The molecule has 3 rings (SSSR count). The predicted octanol–water partition coefficient (Wildman–Crippen LogP) is 3.57. The van der Waals surface area contributed by atoms with Gasteiger partial charge >= 0.3 is 0 Å². The van der Waals surface area contributed by atoms with Crippen LogP contribution in [0.2, 0.25) is 0 Å². The average Bonchev–Trinajstić information content (AvgIpc) is 2.72. The smallest absolute Gasteiger partial charge is 0.227 e. The Bertz CT molecular complexity index is 897. The van der Waals surface area contributed by atoms with E-state index < -0.39 is 11.5 Å². The molecule has 2 aromatic carbocycles. The van der Waals surface area contributed by atoms with Gasteiger partial charge in [0.15, 0.2) is 0 Å². The number of nitrogens with zero attached hydrogens (tertiary/aromatic N) is 1. The van der Waals surface area contributed by atoms with Crippen LogP contribution in [0.4, 0.5) is 4.39 Å². The Labute approximate surface area is 164 Å². The quantitative estimate of drug-likeness (QED) is 0.661. The molecule has 0 aliphatic heterocycles. The molecule has 2 atom stereocenters. The highest BCUT2D eigenvalue weighted by Crippen LogP contribution is 2.23. The average molecular weight is 378 g/mol. The van der Waals surface area contributed by atoms with Gasteiger partial charge in [-0.2, -0.15) is 0 Å². The van der Waals surface area contributed by atoms with Crippen molar-refractivity contribution in [2.75, 3.05) is 6.54 Å². The normalized spacial score (nSPS) is 14.1. The summed E-state index contributed by atoms with van der Waals surface area (Å²) in [6.07, 6.45) is 3.93. The van der Waals surface area contributed by atoms with Crippen LogP contribution in [0.1, 0.15) is 29.5 Å². The number of nitrogens with one attached hydrogen (secondary N) is 1. The molecular formula is C23H23FN2O2. The molecule has 0 fully saturated rings. The molecule has 144 valence electrons. The van der Waals surface area contributed by atoms with E-state index in [4.69, 9.17) is 0 Å². The second-order valence-corrected chi connectivity index (χ2v) is 7.02. The maximum Gasteiger partial charge on any atom is 0.227 e. The highest BCUT2D eigenvalue weighted by atomic mass is 19.1. The molecule has 0 bridgehead atoms. The third-order valence-electron chi connectivity index (χ3n) is 4.78. The lowest BCUT2D eigenvalue weighted by atomic mass is 9.90. The summed E-state index contributed by atoms with van der Waals surface area (Å²) in [5.41, 5.74) is 1.14. The first-order valence-corrected chi connectivity index (χ1v) is 9.16. The van der Waals surface area contributed by atoms with Crippen LogP contribution < -0.4 is 5.32 Å². The largest absolute Gasteiger partial charge is 0.384 e. The Kier molecular flexibility index (Phi) is 6.16. The Hall–Kier alpha value is -3.05. The molecule has 0 radical (unpaired) electrons. The Morgan fingerprint density at radius 2 is 1.71 bits per heavy atom. The molecule has 0 saturated carbocycles. The fourth-order valence-corrected chi connectivity index (χ4v) is 3.10. The van der Waals surface area contributed by atoms with Crippen molar-refractivity contribution in [3.05, 3.63) is 102 Å². The molecule has 0 spiro atoms. The van der Waals surface area contributed by atoms with Crippen molar-refractivity contribution in [3.63, 3.8) is 0 Å². The summed E-state index contributed by atoms with van der Waals surface area (Å²) in [5, 5.41) is 13.6. The lowest BCUT2D eigenvalue weighted by Gasteiger charge is -2.26. The number of amides is 1. The van der Waals surface area contributed by atoms with Gasteiger partial charge in [-0.15, -0.1) is 0 Å². The van der Waals surface area contributed by atoms with Crippen LogP contribution in [0.15, 0.2) is 79.1 Å². The molecule has 1 aromatic heterocycles. The topological polar surface area (TPSA) is 62.2 Å². The van der Waals surface area contributed by atoms with Gasteiger partial charge in [0.05, 0.1) is 12.5 Å². The van der Waals surface area contributed by atoms with Gasteiger partial charge < -0.3 is 10.4 Å². The number of carbonyl (C=O) groups is 1. The van der Waals surface area contributed by atoms with E-state index >= 15 is 0 Å². The van der Waals surface area contributed by atoms with Gasteiger partial charge in [0.1, 0.15) is 11.4 Å². The first-order chi connectivity index (χ1) is 13.5. The second-order valence-electron chi connectivity index (χ2n) is 7.02. The van der Waals surface area contributed by atoms with Gasteiger partial charge in [-0.3, -0.25) is 9.78 Å². The van der Waals surface area contributed by atoms with Crippen molar-refractivity contribution >= 4 is 5.91 Å². The predicted molar refractivity (Wildman–Crippen MR) is 106 cm³/mol. The minimum atomic E-state index is -1.30. The van der Waals surface area contributed by atoms with Crippen molar-refractivity contribution in [1.82, 2.24) is 10.3 Å². The van der Waals surface area contributed by atoms with Crippen LogP contribution in [0.25, 0.3) is 0 Å². The van der Waals surface area contributed by atoms with E-state index in [9.17, 15) is 14.3 Å². The van der Waals surface area contributed by atoms with Gasteiger partial charge in [0.25, 0.3) is 0 Å². The number of hydrogen-bond acceptors (Lipinski definition) is 3. The number of pyridine rings is 1. The summed E-state index contributed by atoms with van der Waals surface area (Å²) < 4.78 is 13.1. The van der Waals surface area contributed by atoms with Crippen molar-refractivity contribution < 1.29 is 14.3 Å². The molecule has 2 unspecified atom stereocenters. The van der Waals surface area contributed by atoms with Gasteiger partial charge in [-0.1, -0.05) is 42.5 Å². The molecule has 28 heavy (non-hydrogen) atoms. The lowest BCUT2D eigenvalue weighted by Crippen LogP contribution is -2.41. The maximum absolute atomic E-state index is 13.1. The summed E-state index contributed by atoms with van der Waals surface area (Å²) in [5.74, 6) is -0.942. The number of aromatic nitrogens is 1. The van der Waals surface area contributed by atoms with Crippen LogP contribution in [0.3, 0.4) is 0 Å². The Morgan fingerprint density at radius 3 is 2.36 bits per heavy atom. The van der Waals surface area contributed by atoms with E-state index in [0.29, 0.717) is 12.0 Å². The highest BCUT2D eigenvalue weighted by molar-refractivity contribution is 5.84. The summed E-state index contributed by atoms with van der Waals surface area (Å²) in [6, 6.07) is 18.9. The standard InChI is InChI=1S/C23H23FN2O2/c1-23(28,19-7-9-20(24)10-8-19)16-26-22(27)21(18-5-3-2-4-6-18)15-17-11-13-25-14-12-17/h2-14,21,28H,15-16H2,1H3,(H,26,27). The number of rotatable bonds is 7. The third-order valence-corrected chi connectivity index (χ3v) is 4.78. The van der Waals surface area contributed by atoms with E-state index in [1.54, 1.807) is 19.3 Å². The number of benzene rings is 2. The molecule has 4 nitrogen and oxygen atoms in total. The molecule has 2 N–H and O–H groups in total. The zero-order chi connectivity index (χ0) is 20.0. The van der Waals surface area contributed by atoms with Crippen LogP contribution >= 0.6 is 0 Å². The minimum absolute atomic E-state index is 0.0249. The molecule has 3 aromatic rings. The first-order valence-electron chi connectivity index (χ1n) is 9.16. The molecule has 0 saturated heterocycles. The second kappa shape index (κ2) is 8.76. The van der Waals surface area contributed by atoms with Crippen molar-refractivity contribution in [2.24, 2.45) is 0 Å². The molecule has 0 aliphatic carbocycles. The van der Waals surface area contributed by atoms with Crippen molar-refractivity contribution in [2.45, 2.75) is 24.9 Å². The fourth-order valence-electron chi connectivity index (χ4n) is 3.10. The van der Waals surface area contributed by atoms with Crippen LogP contribution in [-0.2, 0) is 16.8 Å². The zero-order valence-corrected chi connectivity index (χ0v) is 15.7. The van der Waals surface area contributed by atoms with Crippen molar-refractivity contribution in [1.29, 1.82) is 0 Å². The lowest BCUT2D eigenvalue weighted by molar-refractivity contribution is -0.123. The Morgan fingerprint density at radius 1 is 1.07 bits per heavy atom. The minimum Gasteiger partial charge on any atom is -0.384 e. The monoisotopic (exact) mass is 378 g/mol. The summed E-state index contributed by atoms with van der Waals surface area (Å²) in [6.45, 7) is 1.62. The van der Waals surface area contributed by atoms with E-state index in [1.165, 1.54) is 24.3 Å². The molecule has 1 heterocycles. The highest BCUT2D eigenvalue weighted by Gasteiger charge is 2.27. The first kappa shape index (κ1) is 19.7.